The molecule has 1 atom stereocenters. The van der Waals surface area contributed by atoms with Crippen LogP contribution in [-0.4, -0.2) is 35.7 Å². The first-order valence-electron chi connectivity index (χ1n) is 13.9. The van der Waals surface area contributed by atoms with Crippen molar-refractivity contribution < 1.29 is 13.5 Å². The quantitative estimate of drug-likeness (QED) is 0.495. The van der Waals surface area contributed by atoms with Crippen molar-refractivity contribution in [3.8, 4) is 0 Å². The van der Waals surface area contributed by atoms with Gasteiger partial charge in [-0.2, -0.15) is 4.31 Å². The van der Waals surface area contributed by atoms with Crippen molar-refractivity contribution >= 4 is 10.0 Å². The lowest BCUT2D eigenvalue weighted by Gasteiger charge is -2.40. The molecule has 2 aromatic carbocycles. The topological polar surface area (TPSA) is 57.6 Å². The van der Waals surface area contributed by atoms with Crippen LogP contribution in [0.5, 0.6) is 0 Å². The highest BCUT2D eigenvalue weighted by molar-refractivity contribution is 7.89. The zero-order valence-electron chi connectivity index (χ0n) is 21.2. The third-order valence-electron chi connectivity index (χ3n) is 8.16. The average Bonchev–Trinajstić information content (AvgIpc) is 3.40. The number of aliphatic hydroxyl groups is 1. The molecule has 35 heavy (non-hydrogen) atoms. The minimum absolute atomic E-state index is 0.348. The molecule has 1 saturated carbocycles. The molecule has 4 rings (SSSR count). The third-order valence-corrected chi connectivity index (χ3v) is 10.6. The second-order valence-corrected chi connectivity index (χ2v) is 12.7. The van der Waals surface area contributed by atoms with Crippen molar-refractivity contribution in [1.82, 2.24) is 4.31 Å². The molecular formula is C30H43NO3S. The predicted octanol–water partition coefficient (Wildman–Crippen LogP) is 6.78. The maximum absolute atomic E-state index is 14.2. The summed E-state index contributed by atoms with van der Waals surface area (Å²) in [5.41, 5.74) is 0.136. The Balaban J connectivity index is 1.63. The number of benzene rings is 2. The van der Waals surface area contributed by atoms with Crippen LogP contribution in [0.25, 0.3) is 0 Å². The molecule has 0 bridgehead atoms. The van der Waals surface area contributed by atoms with Crippen LogP contribution < -0.4 is 0 Å². The van der Waals surface area contributed by atoms with Crippen LogP contribution >= 0.6 is 0 Å². The van der Waals surface area contributed by atoms with Crippen molar-refractivity contribution in [3.05, 3.63) is 71.8 Å². The van der Waals surface area contributed by atoms with Crippen LogP contribution in [0, 0.1) is 0 Å². The van der Waals surface area contributed by atoms with Crippen molar-refractivity contribution in [1.29, 1.82) is 0 Å². The fourth-order valence-electron chi connectivity index (χ4n) is 6.19. The summed E-state index contributed by atoms with van der Waals surface area (Å²) in [7, 11) is -3.53. The lowest BCUT2D eigenvalue weighted by atomic mass is 9.79. The van der Waals surface area contributed by atoms with Crippen molar-refractivity contribution in [3.63, 3.8) is 0 Å². The summed E-state index contributed by atoms with van der Waals surface area (Å²) in [5.74, 6) is 0. The molecular weight excluding hydrogens is 454 g/mol. The van der Waals surface area contributed by atoms with Gasteiger partial charge in [-0.05, 0) is 36.8 Å². The maximum atomic E-state index is 14.2. The summed E-state index contributed by atoms with van der Waals surface area (Å²) >= 11 is 0. The van der Waals surface area contributed by atoms with Crippen molar-refractivity contribution in [2.45, 2.75) is 107 Å². The summed E-state index contributed by atoms with van der Waals surface area (Å²) in [6.07, 6.45) is 14.7. The molecule has 2 aliphatic rings. The molecule has 0 aromatic heterocycles. The van der Waals surface area contributed by atoms with Gasteiger partial charge in [0.2, 0.25) is 10.0 Å². The van der Waals surface area contributed by atoms with Gasteiger partial charge in [-0.25, -0.2) is 8.42 Å². The minimum atomic E-state index is -3.53. The van der Waals surface area contributed by atoms with Crippen LogP contribution in [0.15, 0.2) is 60.7 Å². The van der Waals surface area contributed by atoms with Gasteiger partial charge in [0.25, 0.3) is 0 Å². The Kier molecular flexibility index (Phi) is 9.43. The highest BCUT2D eigenvalue weighted by Crippen LogP contribution is 2.42. The first-order chi connectivity index (χ1) is 17.0. The normalized spacial score (nSPS) is 22.7. The van der Waals surface area contributed by atoms with E-state index in [0.29, 0.717) is 13.0 Å². The third kappa shape index (κ3) is 6.18. The van der Waals surface area contributed by atoms with Crippen LogP contribution in [-0.2, 0) is 15.6 Å². The fraction of sp³-hybridized carbons (Fsp3) is 0.600. The predicted molar refractivity (Wildman–Crippen MR) is 144 cm³/mol. The van der Waals surface area contributed by atoms with Crippen LogP contribution in [0.1, 0.15) is 101 Å². The Morgan fingerprint density at radius 2 is 1.06 bits per heavy atom. The van der Waals surface area contributed by atoms with Gasteiger partial charge in [0.1, 0.15) is 5.60 Å². The molecule has 1 aliphatic carbocycles. The molecule has 1 saturated heterocycles. The molecule has 2 fully saturated rings. The van der Waals surface area contributed by atoms with Gasteiger partial charge >= 0.3 is 0 Å². The Labute approximate surface area is 212 Å². The largest absolute Gasteiger partial charge is 0.379 e. The average molecular weight is 498 g/mol. The van der Waals surface area contributed by atoms with E-state index in [1.807, 2.05) is 60.7 Å². The molecule has 0 unspecified atom stereocenters. The SMILES string of the molecule is O=S(=O)(C1CCCCCCCCCCCC1)N1CCC[C@H]1C(O)(c1ccccc1)c1ccccc1. The lowest BCUT2D eigenvalue weighted by Crippen LogP contribution is -2.52. The molecule has 0 radical (unpaired) electrons. The standard InChI is InChI=1S/C30H43NO3S/c32-30(26-18-11-9-12-19-26,27-20-13-10-14-21-27)29-24-17-25-31(29)35(33,34)28-22-15-7-5-3-1-2-4-6-8-16-23-28/h9-14,18-21,28-29,32H,1-8,15-17,22-25H2/t29-/m0/s1. The van der Waals surface area contributed by atoms with Gasteiger partial charge in [-0.15, -0.1) is 0 Å². The van der Waals surface area contributed by atoms with E-state index in [1.54, 1.807) is 4.31 Å². The van der Waals surface area contributed by atoms with Crippen LogP contribution in [0.4, 0.5) is 0 Å². The number of sulfonamides is 1. The van der Waals surface area contributed by atoms with E-state index in [0.717, 1.165) is 56.1 Å². The molecule has 4 nitrogen and oxygen atoms in total. The smallest absolute Gasteiger partial charge is 0.217 e. The van der Waals surface area contributed by atoms with E-state index >= 15 is 0 Å². The Morgan fingerprint density at radius 1 is 0.629 bits per heavy atom. The molecule has 192 valence electrons. The first kappa shape index (κ1) is 26.4. The van der Waals surface area contributed by atoms with Gasteiger partial charge in [0.15, 0.2) is 0 Å². The molecule has 1 heterocycles. The number of nitrogens with zero attached hydrogens (tertiary/aromatic N) is 1. The molecule has 1 aliphatic heterocycles. The van der Waals surface area contributed by atoms with E-state index in [4.69, 9.17) is 0 Å². The minimum Gasteiger partial charge on any atom is -0.379 e. The molecule has 0 amide bonds. The number of hydrogen-bond donors (Lipinski definition) is 1. The lowest BCUT2D eigenvalue weighted by molar-refractivity contribution is 0.0201. The highest BCUT2D eigenvalue weighted by atomic mass is 32.2. The summed E-state index contributed by atoms with van der Waals surface area (Å²) in [5, 5.41) is 12.0. The van der Waals surface area contributed by atoms with Crippen molar-refractivity contribution in [2.24, 2.45) is 0 Å². The van der Waals surface area contributed by atoms with E-state index < -0.39 is 21.7 Å². The van der Waals surface area contributed by atoms with Gasteiger partial charge in [-0.3, -0.25) is 0 Å². The van der Waals surface area contributed by atoms with Gasteiger partial charge in [0.05, 0.1) is 11.3 Å². The molecule has 1 N–H and O–H groups in total. The van der Waals surface area contributed by atoms with E-state index in [-0.39, 0.29) is 5.25 Å². The van der Waals surface area contributed by atoms with Crippen LogP contribution in [0.3, 0.4) is 0 Å². The summed E-state index contributed by atoms with van der Waals surface area (Å²) in [4.78, 5) is 0. The second kappa shape index (κ2) is 12.5. The first-order valence-corrected chi connectivity index (χ1v) is 15.4. The summed E-state index contributed by atoms with van der Waals surface area (Å²) < 4.78 is 30.1. The Bertz CT molecular complexity index is 939. The molecule has 2 aromatic rings. The van der Waals surface area contributed by atoms with Gasteiger partial charge in [-0.1, -0.05) is 125 Å². The van der Waals surface area contributed by atoms with E-state index in [2.05, 4.69) is 0 Å². The highest BCUT2D eigenvalue weighted by Gasteiger charge is 2.50. The Hall–Kier alpha value is -1.69. The van der Waals surface area contributed by atoms with E-state index in [9.17, 15) is 13.5 Å². The molecule has 0 spiro atoms. The van der Waals surface area contributed by atoms with Crippen LogP contribution in [0.2, 0.25) is 0 Å². The fourth-order valence-corrected chi connectivity index (χ4v) is 8.50. The summed E-state index contributed by atoms with van der Waals surface area (Å²) in [6, 6.07) is 18.8. The van der Waals surface area contributed by atoms with Gasteiger partial charge in [0, 0.05) is 6.54 Å². The zero-order chi connectivity index (χ0) is 24.6. The zero-order valence-corrected chi connectivity index (χ0v) is 22.0. The monoisotopic (exact) mass is 497 g/mol. The van der Waals surface area contributed by atoms with Crippen molar-refractivity contribution in [2.75, 3.05) is 6.54 Å². The van der Waals surface area contributed by atoms with E-state index in [1.165, 1.54) is 38.5 Å². The summed E-state index contributed by atoms with van der Waals surface area (Å²) in [6.45, 7) is 0.492. The molecule has 5 heteroatoms. The second-order valence-electron chi connectivity index (χ2n) is 10.5. The number of rotatable bonds is 5. The maximum Gasteiger partial charge on any atom is 0.217 e. The van der Waals surface area contributed by atoms with Gasteiger partial charge < -0.3 is 5.11 Å². The Morgan fingerprint density at radius 3 is 1.51 bits per heavy atom. The number of hydrogen-bond acceptors (Lipinski definition) is 3.